The summed E-state index contributed by atoms with van der Waals surface area (Å²) in [6.07, 6.45) is 1.45. The number of esters is 1. The molecule has 3 amide bonds. The van der Waals surface area contributed by atoms with Crippen molar-refractivity contribution in [1.29, 1.82) is 0 Å². The molecule has 1 aromatic rings. The topological polar surface area (TPSA) is 87.7 Å². The molecule has 2 unspecified atom stereocenters. The van der Waals surface area contributed by atoms with Crippen molar-refractivity contribution in [1.82, 2.24) is 10.2 Å². The van der Waals surface area contributed by atoms with Crippen LogP contribution < -0.4 is 10.6 Å². The molecule has 28 heavy (non-hydrogen) atoms. The van der Waals surface area contributed by atoms with E-state index >= 15 is 0 Å². The lowest BCUT2D eigenvalue weighted by Gasteiger charge is -2.35. The van der Waals surface area contributed by atoms with Gasteiger partial charge in [-0.25, -0.2) is 4.79 Å². The zero-order chi connectivity index (χ0) is 20.7. The van der Waals surface area contributed by atoms with E-state index in [1.54, 1.807) is 17.9 Å². The molecule has 1 aliphatic rings. The molecule has 0 aliphatic carbocycles. The van der Waals surface area contributed by atoms with Crippen LogP contribution in [0.4, 0.5) is 10.5 Å². The molecule has 0 saturated carbocycles. The summed E-state index contributed by atoms with van der Waals surface area (Å²) in [6.45, 7) is 6.77. The van der Waals surface area contributed by atoms with Crippen molar-refractivity contribution in [3.63, 3.8) is 0 Å². The fraction of sp³-hybridized carbons (Fsp3) is 0.550. The number of anilines is 1. The Morgan fingerprint density at radius 2 is 2.00 bits per heavy atom. The van der Waals surface area contributed by atoms with Gasteiger partial charge in [0.15, 0.2) is 0 Å². The summed E-state index contributed by atoms with van der Waals surface area (Å²) in [4.78, 5) is 39.2. The zero-order valence-electron chi connectivity index (χ0n) is 16.5. The minimum absolute atomic E-state index is 0.0968. The average Bonchev–Trinajstić information content (AvgIpc) is 2.67. The predicted molar refractivity (Wildman–Crippen MR) is 111 cm³/mol. The van der Waals surface area contributed by atoms with E-state index in [4.69, 9.17) is 4.74 Å². The van der Waals surface area contributed by atoms with E-state index in [1.807, 2.05) is 32.0 Å². The molecule has 8 heteroatoms. The van der Waals surface area contributed by atoms with Gasteiger partial charge < -0.3 is 20.3 Å². The van der Waals surface area contributed by atoms with Gasteiger partial charge in [0.1, 0.15) is 6.04 Å². The van der Waals surface area contributed by atoms with Crippen molar-refractivity contribution in [2.75, 3.05) is 25.0 Å². The van der Waals surface area contributed by atoms with Gasteiger partial charge in [0.2, 0.25) is 5.91 Å². The van der Waals surface area contributed by atoms with Crippen LogP contribution in [-0.2, 0) is 14.3 Å². The maximum absolute atomic E-state index is 13.0. The van der Waals surface area contributed by atoms with Crippen LogP contribution in [-0.4, -0.2) is 48.5 Å². The number of para-hydroxylation sites is 1. The quantitative estimate of drug-likeness (QED) is 0.646. The Bertz CT molecular complexity index is 710. The Morgan fingerprint density at radius 1 is 1.29 bits per heavy atom. The molecule has 1 aromatic carbocycles. The summed E-state index contributed by atoms with van der Waals surface area (Å²) in [5.74, 6) is -0.841. The molecule has 1 saturated heterocycles. The zero-order valence-corrected chi connectivity index (χ0v) is 18.1. The molecule has 1 fully saturated rings. The number of likely N-dealkylation sites (tertiary alicyclic amines) is 1. The fourth-order valence-electron chi connectivity index (χ4n) is 3.20. The van der Waals surface area contributed by atoms with Gasteiger partial charge in [-0.1, -0.05) is 26.0 Å². The van der Waals surface area contributed by atoms with E-state index in [9.17, 15) is 14.4 Å². The number of amides is 3. The highest BCUT2D eigenvalue weighted by Gasteiger charge is 2.34. The van der Waals surface area contributed by atoms with E-state index in [2.05, 4.69) is 26.6 Å². The Hall–Kier alpha value is -2.09. The van der Waals surface area contributed by atoms with Gasteiger partial charge in [0.25, 0.3) is 0 Å². The molecule has 0 aromatic heterocycles. The highest BCUT2D eigenvalue weighted by Crippen LogP contribution is 2.22. The molecular formula is C20H28BrN3O4. The molecule has 2 rings (SSSR count). The van der Waals surface area contributed by atoms with Crippen molar-refractivity contribution in [2.24, 2.45) is 11.8 Å². The Morgan fingerprint density at radius 3 is 2.64 bits per heavy atom. The number of carbonyl (C=O) groups excluding carboxylic acids is 3. The number of nitrogens with zero attached hydrogens (tertiary/aromatic N) is 1. The van der Waals surface area contributed by atoms with E-state index in [1.165, 1.54) is 0 Å². The van der Waals surface area contributed by atoms with Gasteiger partial charge in [-0.2, -0.15) is 0 Å². The third kappa shape index (κ3) is 5.95. The van der Waals surface area contributed by atoms with Crippen LogP contribution in [0.3, 0.4) is 0 Å². The smallest absolute Gasteiger partial charge is 0.319 e. The second-order valence-corrected chi connectivity index (χ2v) is 8.03. The van der Waals surface area contributed by atoms with Crippen LogP contribution in [0.5, 0.6) is 0 Å². The molecule has 1 heterocycles. The monoisotopic (exact) mass is 453 g/mol. The lowest BCUT2D eigenvalue weighted by atomic mass is 9.95. The minimum Gasteiger partial charge on any atom is -0.466 e. The first-order valence-corrected chi connectivity index (χ1v) is 10.4. The summed E-state index contributed by atoms with van der Waals surface area (Å²) in [6, 6.07) is 6.13. The van der Waals surface area contributed by atoms with Crippen molar-refractivity contribution in [3.05, 3.63) is 28.7 Å². The van der Waals surface area contributed by atoms with Gasteiger partial charge in [-0.15, -0.1) is 0 Å². The van der Waals surface area contributed by atoms with E-state index in [0.717, 1.165) is 10.9 Å². The van der Waals surface area contributed by atoms with Crippen molar-refractivity contribution in [2.45, 2.75) is 39.7 Å². The number of hydrogen-bond donors (Lipinski definition) is 2. The van der Waals surface area contributed by atoms with Gasteiger partial charge in [-0.05, 0) is 53.7 Å². The minimum atomic E-state index is -0.677. The third-order valence-electron chi connectivity index (χ3n) is 4.69. The summed E-state index contributed by atoms with van der Waals surface area (Å²) in [5.41, 5.74) is 0.621. The largest absolute Gasteiger partial charge is 0.466 e. The van der Waals surface area contributed by atoms with Crippen LogP contribution in [0.25, 0.3) is 0 Å². The second-order valence-electron chi connectivity index (χ2n) is 7.18. The molecule has 2 atom stereocenters. The Kier molecular flexibility index (Phi) is 8.29. The number of urea groups is 1. The van der Waals surface area contributed by atoms with Crippen molar-refractivity contribution >= 4 is 39.5 Å². The molecule has 0 bridgehead atoms. The summed E-state index contributed by atoms with van der Waals surface area (Å²) < 4.78 is 5.85. The molecule has 0 spiro atoms. The first-order chi connectivity index (χ1) is 13.3. The molecular weight excluding hydrogens is 426 g/mol. The molecule has 154 valence electrons. The summed E-state index contributed by atoms with van der Waals surface area (Å²) in [7, 11) is 0. The first kappa shape index (κ1) is 22.2. The van der Waals surface area contributed by atoms with Gasteiger partial charge in [0.05, 0.1) is 18.2 Å². The molecule has 2 N–H and O–H groups in total. The Labute approximate surface area is 174 Å². The number of halogens is 1. The number of ether oxygens (including phenoxy) is 1. The SMILES string of the molecule is CCOC(=O)C1CCCN(C(=O)C(NC(=O)Nc2ccccc2Br)C(C)C)C1. The summed E-state index contributed by atoms with van der Waals surface area (Å²) in [5, 5.41) is 5.54. The van der Waals surface area contributed by atoms with Crippen molar-refractivity contribution < 1.29 is 19.1 Å². The number of nitrogens with one attached hydrogen (secondary N) is 2. The van der Waals surface area contributed by atoms with Crippen molar-refractivity contribution in [3.8, 4) is 0 Å². The number of hydrogen-bond acceptors (Lipinski definition) is 4. The lowest BCUT2D eigenvalue weighted by Crippen LogP contribution is -2.54. The molecule has 0 radical (unpaired) electrons. The standard InChI is InChI=1S/C20H28BrN3O4/c1-4-28-19(26)14-8-7-11-24(12-14)18(25)17(13(2)3)23-20(27)22-16-10-6-5-9-15(16)21/h5-6,9-10,13-14,17H,4,7-8,11-12H2,1-3H3,(H2,22,23,27). The van der Waals surface area contributed by atoms with E-state index in [0.29, 0.717) is 31.8 Å². The van der Waals surface area contributed by atoms with Gasteiger partial charge in [0, 0.05) is 17.6 Å². The normalized spacial score (nSPS) is 17.8. The second kappa shape index (κ2) is 10.5. The number of piperidine rings is 1. The molecule has 1 aliphatic heterocycles. The first-order valence-electron chi connectivity index (χ1n) is 9.61. The number of carbonyl (C=O) groups is 3. The maximum atomic E-state index is 13.0. The summed E-state index contributed by atoms with van der Waals surface area (Å²) >= 11 is 3.38. The van der Waals surface area contributed by atoms with Gasteiger partial charge >= 0.3 is 12.0 Å². The van der Waals surface area contributed by atoms with Crippen LogP contribution in [0, 0.1) is 11.8 Å². The van der Waals surface area contributed by atoms with Crippen LogP contribution in [0.1, 0.15) is 33.6 Å². The number of rotatable bonds is 6. The van der Waals surface area contributed by atoms with Crippen LogP contribution >= 0.6 is 15.9 Å². The number of benzene rings is 1. The maximum Gasteiger partial charge on any atom is 0.319 e. The van der Waals surface area contributed by atoms with E-state index < -0.39 is 12.1 Å². The fourth-order valence-corrected chi connectivity index (χ4v) is 3.59. The van der Waals surface area contributed by atoms with Gasteiger partial charge in [-0.3, -0.25) is 9.59 Å². The molecule has 7 nitrogen and oxygen atoms in total. The Balaban J connectivity index is 2.02. The third-order valence-corrected chi connectivity index (χ3v) is 5.39. The van der Waals surface area contributed by atoms with Crippen LogP contribution in [0.2, 0.25) is 0 Å². The average molecular weight is 454 g/mol. The highest BCUT2D eigenvalue weighted by atomic mass is 79.9. The highest BCUT2D eigenvalue weighted by molar-refractivity contribution is 9.10. The lowest BCUT2D eigenvalue weighted by molar-refractivity contribution is -0.151. The van der Waals surface area contributed by atoms with E-state index in [-0.39, 0.29) is 23.7 Å². The van der Waals surface area contributed by atoms with Crippen LogP contribution in [0.15, 0.2) is 28.7 Å². The predicted octanol–water partition coefficient (Wildman–Crippen LogP) is 3.40.